The molecule has 3 aromatic rings. The highest BCUT2D eigenvalue weighted by Crippen LogP contribution is 2.18. The highest BCUT2D eigenvalue weighted by molar-refractivity contribution is 6.05. The highest BCUT2D eigenvalue weighted by atomic mass is 16.5. The van der Waals surface area contributed by atoms with Crippen molar-refractivity contribution in [1.82, 2.24) is 0 Å². The zero-order valence-corrected chi connectivity index (χ0v) is 19.2. The topological polar surface area (TPSA) is 95.1 Å². The summed E-state index contributed by atoms with van der Waals surface area (Å²) >= 11 is 0. The number of rotatable bonds is 12. The van der Waals surface area contributed by atoms with E-state index in [4.69, 9.17) is 18.9 Å². The molecular formula is C26H28N2O6. The predicted molar refractivity (Wildman–Crippen MR) is 130 cm³/mol. The third kappa shape index (κ3) is 7.61. The molecule has 0 heterocycles. The van der Waals surface area contributed by atoms with Crippen LogP contribution in [0.15, 0.2) is 72.8 Å². The summed E-state index contributed by atoms with van der Waals surface area (Å²) in [5.74, 6) is 0.852. The summed E-state index contributed by atoms with van der Waals surface area (Å²) in [6.07, 6.45) is 0. The van der Waals surface area contributed by atoms with E-state index >= 15 is 0 Å². The summed E-state index contributed by atoms with van der Waals surface area (Å²) in [4.78, 5) is 25.0. The first-order chi connectivity index (χ1) is 16.6. The van der Waals surface area contributed by atoms with Crippen LogP contribution in [0.3, 0.4) is 0 Å². The van der Waals surface area contributed by atoms with Gasteiger partial charge in [0.25, 0.3) is 11.8 Å². The molecule has 0 aliphatic carbocycles. The Bertz CT molecular complexity index is 964. The van der Waals surface area contributed by atoms with E-state index in [1.807, 2.05) is 0 Å². The van der Waals surface area contributed by atoms with Crippen LogP contribution < -0.4 is 20.1 Å². The second-order valence-electron chi connectivity index (χ2n) is 7.22. The van der Waals surface area contributed by atoms with Crippen LogP contribution in [0.25, 0.3) is 0 Å². The van der Waals surface area contributed by atoms with Crippen LogP contribution in [0, 0.1) is 0 Å². The van der Waals surface area contributed by atoms with E-state index in [1.54, 1.807) is 87.0 Å². The average Bonchev–Trinajstić information content (AvgIpc) is 2.86. The number of carbonyl (C=O) groups excluding carboxylic acids is 2. The van der Waals surface area contributed by atoms with E-state index in [9.17, 15) is 9.59 Å². The summed E-state index contributed by atoms with van der Waals surface area (Å²) in [6, 6.07) is 20.6. The van der Waals surface area contributed by atoms with Gasteiger partial charge in [-0.2, -0.15) is 0 Å². The van der Waals surface area contributed by atoms with E-state index < -0.39 is 0 Å². The summed E-state index contributed by atoms with van der Waals surface area (Å²) in [5, 5.41) is 5.67. The molecule has 0 unspecified atom stereocenters. The number of hydrogen-bond acceptors (Lipinski definition) is 6. The Kier molecular flexibility index (Phi) is 9.45. The fraction of sp³-hybridized carbons (Fsp3) is 0.231. The van der Waals surface area contributed by atoms with Crippen LogP contribution in [0.5, 0.6) is 11.5 Å². The third-order valence-corrected chi connectivity index (χ3v) is 4.75. The Balaban J connectivity index is 1.50. The summed E-state index contributed by atoms with van der Waals surface area (Å²) in [6.45, 7) is 1.88. The maximum Gasteiger partial charge on any atom is 0.255 e. The lowest BCUT2D eigenvalue weighted by atomic mass is 10.2. The fourth-order valence-electron chi connectivity index (χ4n) is 2.93. The molecule has 0 saturated carbocycles. The molecule has 0 aliphatic rings. The Hall–Kier alpha value is -3.88. The van der Waals surface area contributed by atoms with Crippen LogP contribution in [0.1, 0.15) is 20.7 Å². The molecule has 0 fully saturated rings. The number of amides is 2. The van der Waals surface area contributed by atoms with E-state index in [1.165, 1.54) is 0 Å². The molecule has 34 heavy (non-hydrogen) atoms. The SMILES string of the molecule is COCCOc1ccc(C(=O)Nc2ccc(NC(=O)c3ccc(OCCOC)cc3)cc2)cc1. The van der Waals surface area contributed by atoms with Crippen molar-refractivity contribution in [2.75, 3.05) is 51.3 Å². The summed E-state index contributed by atoms with van der Waals surface area (Å²) < 4.78 is 20.9. The van der Waals surface area contributed by atoms with Crippen LogP contribution >= 0.6 is 0 Å². The number of carbonyl (C=O) groups is 2. The third-order valence-electron chi connectivity index (χ3n) is 4.75. The van der Waals surface area contributed by atoms with Crippen molar-refractivity contribution in [2.24, 2.45) is 0 Å². The van der Waals surface area contributed by atoms with E-state index in [0.717, 1.165) is 0 Å². The second-order valence-corrected chi connectivity index (χ2v) is 7.22. The number of hydrogen-bond donors (Lipinski definition) is 2. The molecule has 0 saturated heterocycles. The Morgan fingerprint density at radius 3 is 1.24 bits per heavy atom. The van der Waals surface area contributed by atoms with Gasteiger partial charge in [-0.25, -0.2) is 0 Å². The molecule has 8 heteroatoms. The largest absolute Gasteiger partial charge is 0.491 e. The number of benzene rings is 3. The molecule has 0 radical (unpaired) electrons. The molecule has 178 valence electrons. The highest BCUT2D eigenvalue weighted by Gasteiger charge is 2.09. The quantitative estimate of drug-likeness (QED) is 0.389. The van der Waals surface area contributed by atoms with Gasteiger partial charge in [-0.1, -0.05) is 0 Å². The molecule has 0 aliphatic heterocycles. The van der Waals surface area contributed by atoms with Gasteiger partial charge in [0.1, 0.15) is 24.7 Å². The van der Waals surface area contributed by atoms with Crippen molar-refractivity contribution in [3.05, 3.63) is 83.9 Å². The number of anilines is 2. The molecule has 0 bridgehead atoms. The van der Waals surface area contributed by atoms with Crippen molar-refractivity contribution in [2.45, 2.75) is 0 Å². The van der Waals surface area contributed by atoms with Crippen molar-refractivity contribution in [3.63, 3.8) is 0 Å². The van der Waals surface area contributed by atoms with Gasteiger partial charge < -0.3 is 29.6 Å². The molecule has 8 nitrogen and oxygen atoms in total. The minimum absolute atomic E-state index is 0.243. The molecular weight excluding hydrogens is 436 g/mol. The van der Waals surface area contributed by atoms with Crippen LogP contribution in [0.2, 0.25) is 0 Å². The van der Waals surface area contributed by atoms with Gasteiger partial charge in [0.2, 0.25) is 0 Å². The smallest absolute Gasteiger partial charge is 0.255 e. The van der Waals surface area contributed by atoms with Gasteiger partial charge in [-0.15, -0.1) is 0 Å². The maximum absolute atomic E-state index is 12.5. The fourth-order valence-corrected chi connectivity index (χ4v) is 2.93. The van der Waals surface area contributed by atoms with Gasteiger partial charge in [-0.05, 0) is 72.8 Å². The Labute approximate surface area is 198 Å². The Morgan fingerprint density at radius 2 is 0.912 bits per heavy atom. The van der Waals surface area contributed by atoms with Gasteiger partial charge >= 0.3 is 0 Å². The van der Waals surface area contributed by atoms with Crippen LogP contribution in [0.4, 0.5) is 11.4 Å². The van der Waals surface area contributed by atoms with Crippen molar-refractivity contribution >= 4 is 23.2 Å². The van der Waals surface area contributed by atoms with Crippen LogP contribution in [-0.4, -0.2) is 52.5 Å². The summed E-state index contributed by atoms with van der Waals surface area (Å²) in [7, 11) is 3.22. The van der Waals surface area contributed by atoms with Crippen molar-refractivity contribution in [1.29, 1.82) is 0 Å². The first-order valence-electron chi connectivity index (χ1n) is 10.8. The lowest BCUT2D eigenvalue weighted by Gasteiger charge is -2.10. The maximum atomic E-state index is 12.5. The molecule has 3 rings (SSSR count). The Morgan fingerprint density at radius 1 is 0.559 bits per heavy atom. The minimum Gasteiger partial charge on any atom is -0.491 e. The second kappa shape index (κ2) is 13.0. The lowest BCUT2D eigenvalue weighted by molar-refractivity contribution is 0.101. The zero-order chi connectivity index (χ0) is 24.2. The normalized spacial score (nSPS) is 10.4. The van der Waals surface area contributed by atoms with Gasteiger partial charge in [0.15, 0.2) is 0 Å². The van der Waals surface area contributed by atoms with Gasteiger partial charge in [-0.3, -0.25) is 9.59 Å². The molecule has 2 amide bonds. The average molecular weight is 465 g/mol. The molecule has 3 aromatic carbocycles. The molecule has 2 N–H and O–H groups in total. The molecule has 0 aromatic heterocycles. The standard InChI is InChI=1S/C26H28N2O6/c1-31-15-17-33-23-11-3-19(4-12-23)25(29)27-21-7-9-22(10-8-21)28-26(30)20-5-13-24(14-6-20)34-18-16-32-2/h3-14H,15-18H2,1-2H3,(H,27,29)(H,28,30). The molecule has 0 atom stereocenters. The number of nitrogens with one attached hydrogen (secondary N) is 2. The lowest BCUT2D eigenvalue weighted by Crippen LogP contribution is -2.13. The summed E-state index contributed by atoms with van der Waals surface area (Å²) in [5.41, 5.74) is 2.24. The van der Waals surface area contributed by atoms with E-state index in [0.29, 0.717) is 60.4 Å². The number of methoxy groups -OCH3 is 2. The van der Waals surface area contributed by atoms with E-state index in [-0.39, 0.29) is 11.8 Å². The first kappa shape index (κ1) is 24.8. The predicted octanol–water partition coefficient (Wildman–Crippen LogP) is 4.24. The van der Waals surface area contributed by atoms with Gasteiger partial charge in [0.05, 0.1) is 13.2 Å². The van der Waals surface area contributed by atoms with Crippen molar-refractivity contribution in [3.8, 4) is 11.5 Å². The first-order valence-corrected chi connectivity index (χ1v) is 10.8. The monoisotopic (exact) mass is 464 g/mol. The minimum atomic E-state index is -0.243. The van der Waals surface area contributed by atoms with Crippen molar-refractivity contribution < 1.29 is 28.5 Å². The zero-order valence-electron chi connectivity index (χ0n) is 19.2. The van der Waals surface area contributed by atoms with Gasteiger partial charge in [0, 0.05) is 36.7 Å². The molecule has 0 spiro atoms. The van der Waals surface area contributed by atoms with E-state index in [2.05, 4.69) is 10.6 Å². The number of ether oxygens (including phenoxy) is 4. The van der Waals surface area contributed by atoms with Crippen LogP contribution in [-0.2, 0) is 9.47 Å².